The summed E-state index contributed by atoms with van der Waals surface area (Å²) < 4.78 is 0. The molecule has 0 spiro atoms. The minimum atomic E-state index is 0.396. The molecule has 0 fully saturated rings. The molecule has 1 unspecified atom stereocenters. The highest BCUT2D eigenvalue weighted by molar-refractivity contribution is 5.83. The van der Waals surface area contributed by atoms with Gasteiger partial charge in [-0.15, -0.1) is 0 Å². The smallest absolute Gasteiger partial charge is 0.0447 e. The third kappa shape index (κ3) is 4.29. The van der Waals surface area contributed by atoms with E-state index in [2.05, 4.69) is 73.6 Å². The molecule has 0 heterocycles. The van der Waals surface area contributed by atoms with Gasteiger partial charge in [0.25, 0.3) is 0 Å². The molecule has 2 aromatic rings. The number of benzene rings is 2. The number of nitrogens with one attached hydrogen (secondary N) is 1. The van der Waals surface area contributed by atoms with E-state index in [9.17, 15) is 0 Å². The van der Waals surface area contributed by atoms with Crippen molar-refractivity contribution in [3.63, 3.8) is 0 Å². The highest BCUT2D eigenvalue weighted by Crippen LogP contribution is 2.21. The summed E-state index contributed by atoms with van der Waals surface area (Å²) in [6.07, 6.45) is 2.43. The zero-order chi connectivity index (χ0) is 15.1. The van der Waals surface area contributed by atoms with Gasteiger partial charge in [-0.2, -0.15) is 0 Å². The summed E-state index contributed by atoms with van der Waals surface area (Å²) in [6, 6.07) is 15.8. The summed E-state index contributed by atoms with van der Waals surface area (Å²) in [7, 11) is 2.07. The molecule has 0 amide bonds. The lowest BCUT2D eigenvalue weighted by molar-refractivity contribution is 0.247. The lowest BCUT2D eigenvalue weighted by Gasteiger charge is -2.27. The van der Waals surface area contributed by atoms with Crippen LogP contribution < -0.4 is 5.32 Å². The fourth-order valence-corrected chi connectivity index (χ4v) is 2.97. The fraction of sp³-hybridized carbons (Fsp3) is 0.474. The normalized spacial score (nSPS) is 13.0. The van der Waals surface area contributed by atoms with Crippen LogP contribution in [0.2, 0.25) is 0 Å². The van der Waals surface area contributed by atoms with Crippen LogP contribution in [0.1, 0.15) is 38.3 Å². The second kappa shape index (κ2) is 8.16. The van der Waals surface area contributed by atoms with Crippen LogP contribution in [0.3, 0.4) is 0 Å². The average Bonchev–Trinajstić information content (AvgIpc) is 2.52. The number of likely N-dealkylation sites (N-methyl/N-ethyl adjacent to an activating group) is 1. The fourth-order valence-electron chi connectivity index (χ4n) is 2.97. The first-order valence-electron chi connectivity index (χ1n) is 8.16. The van der Waals surface area contributed by atoms with Gasteiger partial charge in [-0.25, -0.2) is 0 Å². The Kier molecular flexibility index (Phi) is 6.21. The van der Waals surface area contributed by atoms with Gasteiger partial charge in [0.2, 0.25) is 0 Å². The minimum absolute atomic E-state index is 0.396. The van der Waals surface area contributed by atoms with E-state index in [1.54, 1.807) is 0 Å². The number of hydrogen-bond acceptors (Lipinski definition) is 2. The molecule has 2 nitrogen and oxygen atoms in total. The molecule has 2 aromatic carbocycles. The Morgan fingerprint density at radius 2 is 1.62 bits per heavy atom. The van der Waals surface area contributed by atoms with Crippen molar-refractivity contribution in [2.45, 2.75) is 32.7 Å². The SMILES string of the molecule is CCCN(CCC)CC(NC)c1ccc2ccccc2c1. The predicted molar refractivity (Wildman–Crippen MR) is 92.8 cm³/mol. The predicted octanol–water partition coefficient (Wildman–Crippen LogP) is 4.22. The maximum Gasteiger partial charge on any atom is 0.0447 e. The van der Waals surface area contributed by atoms with Crippen LogP contribution in [0, 0.1) is 0 Å². The number of hydrogen-bond donors (Lipinski definition) is 1. The quantitative estimate of drug-likeness (QED) is 0.780. The van der Waals surface area contributed by atoms with Gasteiger partial charge in [0, 0.05) is 12.6 Å². The molecule has 21 heavy (non-hydrogen) atoms. The largest absolute Gasteiger partial charge is 0.312 e. The monoisotopic (exact) mass is 284 g/mol. The van der Waals surface area contributed by atoms with Gasteiger partial charge in [-0.1, -0.05) is 50.2 Å². The van der Waals surface area contributed by atoms with Crippen LogP contribution >= 0.6 is 0 Å². The highest BCUT2D eigenvalue weighted by atomic mass is 15.1. The molecule has 0 saturated heterocycles. The Bertz CT molecular complexity index is 544. The van der Waals surface area contributed by atoms with Crippen molar-refractivity contribution >= 4 is 10.8 Å². The summed E-state index contributed by atoms with van der Waals surface area (Å²) in [5.74, 6) is 0. The molecule has 0 bridgehead atoms. The Hall–Kier alpha value is -1.38. The molecule has 0 aliphatic heterocycles. The third-order valence-corrected chi connectivity index (χ3v) is 4.04. The molecule has 1 N–H and O–H groups in total. The molecular weight excluding hydrogens is 256 g/mol. The van der Waals surface area contributed by atoms with Crippen molar-refractivity contribution < 1.29 is 0 Å². The van der Waals surface area contributed by atoms with E-state index in [0.29, 0.717) is 6.04 Å². The first kappa shape index (κ1) is 16.0. The second-order valence-corrected chi connectivity index (χ2v) is 5.75. The van der Waals surface area contributed by atoms with Crippen LogP contribution in [-0.2, 0) is 0 Å². The lowest BCUT2D eigenvalue weighted by atomic mass is 10.0. The maximum atomic E-state index is 3.49. The van der Waals surface area contributed by atoms with E-state index >= 15 is 0 Å². The van der Waals surface area contributed by atoms with Crippen molar-refractivity contribution in [3.05, 3.63) is 48.0 Å². The van der Waals surface area contributed by atoms with Gasteiger partial charge >= 0.3 is 0 Å². The minimum Gasteiger partial charge on any atom is -0.312 e. The first-order valence-corrected chi connectivity index (χ1v) is 8.16. The van der Waals surface area contributed by atoms with Crippen molar-refractivity contribution in [2.75, 3.05) is 26.7 Å². The Labute approximate surface area is 129 Å². The standard InChI is InChI=1S/C19H28N2/c1-4-12-21(13-5-2)15-19(20-3)18-11-10-16-8-6-7-9-17(16)14-18/h6-11,14,19-20H,4-5,12-13,15H2,1-3H3. The van der Waals surface area contributed by atoms with E-state index in [0.717, 1.165) is 6.54 Å². The number of fused-ring (bicyclic) bond motifs is 1. The Morgan fingerprint density at radius 1 is 0.952 bits per heavy atom. The van der Waals surface area contributed by atoms with Crippen molar-refractivity contribution in [2.24, 2.45) is 0 Å². The molecule has 0 radical (unpaired) electrons. The van der Waals surface area contributed by atoms with Crippen molar-refractivity contribution in [1.82, 2.24) is 10.2 Å². The molecule has 0 aliphatic carbocycles. The van der Waals surface area contributed by atoms with E-state index in [-0.39, 0.29) is 0 Å². The Morgan fingerprint density at radius 3 is 2.24 bits per heavy atom. The van der Waals surface area contributed by atoms with Crippen LogP contribution in [0.4, 0.5) is 0 Å². The number of rotatable bonds is 8. The molecule has 2 heteroatoms. The van der Waals surface area contributed by atoms with Crippen molar-refractivity contribution in [3.8, 4) is 0 Å². The topological polar surface area (TPSA) is 15.3 Å². The molecule has 114 valence electrons. The zero-order valence-electron chi connectivity index (χ0n) is 13.6. The summed E-state index contributed by atoms with van der Waals surface area (Å²) in [5.41, 5.74) is 1.38. The molecule has 1 atom stereocenters. The molecule has 2 rings (SSSR count). The van der Waals surface area contributed by atoms with Gasteiger partial charge in [0.1, 0.15) is 0 Å². The van der Waals surface area contributed by atoms with Gasteiger partial charge in [0.15, 0.2) is 0 Å². The molecule has 0 saturated carbocycles. The second-order valence-electron chi connectivity index (χ2n) is 5.75. The van der Waals surface area contributed by atoms with Crippen LogP contribution in [-0.4, -0.2) is 31.6 Å². The summed E-state index contributed by atoms with van der Waals surface area (Å²) in [6.45, 7) is 7.95. The van der Waals surface area contributed by atoms with Gasteiger partial charge in [0.05, 0.1) is 0 Å². The number of nitrogens with zero attached hydrogens (tertiary/aromatic N) is 1. The van der Waals surface area contributed by atoms with Crippen LogP contribution in [0.25, 0.3) is 10.8 Å². The van der Waals surface area contributed by atoms with E-state index in [4.69, 9.17) is 0 Å². The first-order chi connectivity index (χ1) is 10.3. The third-order valence-electron chi connectivity index (χ3n) is 4.04. The van der Waals surface area contributed by atoms with Crippen molar-refractivity contribution in [1.29, 1.82) is 0 Å². The average molecular weight is 284 g/mol. The highest BCUT2D eigenvalue weighted by Gasteiger charge is 2.14. The molecule has 0 aliphatic rings. The zero-order valence-corrected chi connectivity index (χ0v) is 13.6. The van der Waals surface area contributed by atoms with Gasteiger partial charge in [-0.05, 0) is 55.4 Å². The van der Waals surface area contributed by atoms with Crippen LogP contribution in [0.5, 0.6) is 0 Å². The summed E-state index contributed by atoms with van der Waals surface area (Å²) in [5, 5.41) is 6.13. The van der Waals surface area contributed by atoms with Gasteiger partial charge in [-0.3, -0.25) is 0 Å². The lowest BCUT2D eigenvalue weighted by Crippen LogP contribution is -2.35. The maximum absolute atomic E-state index is 3.49. The van der Waals surface area contributed by atoms with Crippen LogP contribution in [0.15, 0.2) is 42.5 Å². The van der Waals surface area contributed by atoms with E-state index < -0.39 is 0 Å². The van der Waals surface area contributed by atoms with E-state index in [1.807, 2.05) is 0 Å². The molecule has 0 aromatic heterocycles. The summed E-state index contributed by atoms with van der Waals surface area (Å²) in [4.78, 5) is 2.57. The summed E-state index contributed by atoms with van der Waals surface area (Å²) >= 11 is 0. The molecular formula is C19H28N2. The Balaban J connectivity index is 2.17. The van der Waals surface area contributed by atoms with Gasteiger partial charge < -0.3 is 10.2 Å². The van der Waals surface area contributed by atoms with E-state index in [1.165, 1.54) is 42.3 Å².